The number of hydrogen-bond acceptors (Lipinski definition) is 4. The predicted molar refractivity (Wildman–Crippen MR) is 67.6 cm³/mol. The minimum atomic E-state index is -3.86. The zero-order chi connectivity index (χ0) is 11.8. The van der Waals surface area contributed by atoms with E-state index < -0.39 is 9.05 Å². The second-order valence-electron chi connectivity index (χ2n) is 2.91. The van der Waals surface area contributed by atoms with Crippen LogP contribution in [0.15, 0.2) is 29.4 Å². The lowest BCUT2D eigenvalue weighted by molar-refractivity contribution is 0.602. The molecule has 0 atom stereocenters. The molecule has 0 spiro atoms. The summed E-state index contributed by atoms with van der Waals surface area (Å²) in [5.74, 6) is 0.303. The minimum Gasteiger partial charge on any atom is -0.248 e. The number of H-pyrrole nitrogens is 1. The Balaban J connectivity index is 2.47. The lowest BCUT2D eigenvalue weighted by atomic mass is 10.2. The number of aromatic nitrogens is 3. The third-order valence-corrected chi connectivity index (χ3v) is 3.53. The topological polar surface area (TPSA) is 75.7 Å². The van der Waals surface area contributed by atoms with Crippen molar-refractivity contribution in [3.05, 3.63) is 27.8 Å². The molecule has 0 fully saturated rings. The smallest absolute Gasteiger partial charge is 0.248 e. The van der Waals surface area contributed by atoms with Crippen molar-refractivity contribution >= 4 is 42.3 Å². The van der Waals surface area contributed by atoms with E-state index in [0.717, 1.165) is 9.13 Å². The van der Waals surface area contributed by atoms with Gasteiger partial charge >= 0.3 is 0 Å². The van der Waals surface area contributed by atoms with E-state index >= 15 is 0 Å². The Kier molecular flexibility index (Phi) is 3.17. The second-order valence-corrected chi connectivity index (χ2v) is 6.64. The number of nitrogens with zero attached hydrogens (tertiary/aromatic N) is 2. The first-order chi connectivity index (χ1) is 7.47. The SMILES string of the molecule is O=S(=O)(Cl)c1nc(-c2cccc(I)c2)n[nH]1. The Morgan fingerprint density at radius 3 is 2.69 bits per heavy atom. The van der Waals surface area contributed by atoms with Crippen molar-refractivity contribution in [1.82, 2.24) is 15.2 Å². The molecule has 0 saturated heterocycles. The van der Waals surface area contributed by atoms with Crippen LogP contribution in [0, 0.1) is 3.57 Å². The fraction of sp³-hybridized carbons (Fsp3) is 0. The molecule has 1 aromatic heterocycles. The third-order valence-electron chi connectivity index (χ3n) is 1.78. The largest absolute Gasteiger partial charge is 0.296 e. The highest BCUT2D eigenvalue weighted by Crippen LogP contribution is 2.19. The summed E-state index contributed by atoms with van der Waals surface area (Å²) in [4.78, 5) is 3.80. The van der Waals surface area contributed by atoms with E-state index in [2.05, 4.69) is 37.8 Å². The standard InChI is InChI=1S/C8H5ClIN3O2S/c9-16(14,15)8-11-7(12-13-8)5-2-1-3-6(10)4-5/h1-4H,(H,11,12,13). The summed E-state index contributed by atoms with van der Waals surface area (Å²) in [5.41, 5.74) is 0.731. The van der Waals surface area contributed by atoms with Gasteiger partial charge in [-0.2, -0.15) is 10.1 Å². The first-order valence-electron chi connectivity index (χ1n) is 4.10. The molecule has 16 heavy (non-hydrogen) atoms. The van der Waals surface area contributed by atoms with Gasteiger partial charge in [-0.15, -0.1) is 0 Å². The summed E-state index contributed by atoms with van der Waals surface area (Å²) in [6, 6.07) is 7.38. The van der Waals surface area contributed by atoms with Gasteiger partial charge in [0.05, 0.1) is 0 Å². The minimum absolute atomic E-state index is 0.303. The van der Waals surface area contributed by atoms with Crippen molar-refractivity contribution in [2.75, 3.05) is 0 Å². The van der Waals surface area contributed by atoms with Crippen LogP contribution < -0.4 is 0 Å². The normalized spacial score (nSPS) is 11.6. The number of hydrogen-bond donors (Lipinski definition) is 1. The van der Waals surface area contributed by atoms with Gasteiger partial charge in [-0.3, -0.25) is 0 Å². The van der Waals surface area contributed by atoms with E-state index in [1.54, 1.807) is 6.07 Å². The molecule has 84 valence electrons. The molecule has 0 aliphatic carbocycles. The van der Waals surface area contributed by atoms with Crippen LogP contribution in [0.25, 0.3) is 11.4 Å². The van der Waals surface area contributed by atoms with E-state index in [-0.39, 0.29) is 5.16 Å². The van der Waals surface area contributed by atoms with E-state index in [0.29, 0.717) is 5.82 Å². The van der Waals surface area contributed by atoms with Crippen LogP contribution in [0.1, 0.15) is 0 Å². The summed E-state index contributed by atoms with van der Waals surface area (Å²) in [7, 11) is 1.27. The van der Waals surface area contributed by atoms with Gasteiger partial charge in [0, 0.05) is 19.8 Å². The number of benzene rings is 1. The zero-order valence-electron chi connectivity index (χ0n) is 7.68. The third kappa shape index (κ3) is 2.53. The summed E-state index contributed by atoms with van der Waals surface area (Å²) in [6.07, 6.45) is 0. The van der Waals surface area contributed by atoms with E-state index in [1.165, 1.54) is 0 Å². The molecule has 0 aliphatic heterocycles. The monoisotopic (exact) mass is 369 g/mol. The molecule has 1 heterocycles. The van der Waals surface area contributed by atoms with Gasteiger partial charge in [0.15, 0.2) is 5.82 Å². The number of halogens is 2. The first kappa shape index (κ1) is 11.8. The quantitative estimate of drug-likeness (QED) is 0.649. The van der Waals surface area contributed by atoms with Crippen LogP contribution in [0.3, 0.4) is 0 Å². The molecule has 1 aromatic carbocycles. The molecule has 0 amide bonds. The summed E-state index contributed by atoms with van der Waals surface area (Å²) < 4.78 is 23.0. The van der Waals surface area contributed by atoms with Gasteiger partial charge in [-0.05, 0) is 34.7 Å². The summed E-state index contributed by atoms with van der Waals surface area (Å²) in [5, 5.41) is 5.73. The number of rotatable bonds is 2. The Morgan fingerprint density at radius 2 is 2.12 bits per heavy atom. The molecular formula is C8H5ClIN3O2S. The van der Waals surface area contributed by atoms with Crippen molar-refractivity contribution in [3.8, 4) is 11.4 Å². The van der Waals surface area contributed by atoms with Crippen molar-refractivity contribution in [2.45, 2.75) is 5.16 Å². The second kappa shape index (κ2) is 4.30. The van der Waals surface area contributed by atoms with Gasteiger partial charge in [0.1, 0.15) is 0 Å². The maximum Gasteiger partial charge on any atom is 0.296 e. The van der Waals surface area contributed by atoms with Gasteiger partial charge in [-0.1, -0.05) is 12.1 Å². The molecule has 0 bridgehead atoms. The Hall–Kier alpha value is -0.670. The molecule has 2 rings (SSSR count). The molecule has 0 radical (unpaired) electrons. The number of nitrogens with one attached hydrogen (secondary N) is 1. The maximum absolute atomic E-state index is 11.0. The average molecular weight is 370 g/mol. The molecule has 8 heteroatoms. The molecule has 0 saturated carbocycles. The van der Waals surface area contributed by atoms with E-state index in [9.17, 15) is 8.42 Å². The van der Waals surface area contributed by atoms with E-state index in [4.69, 9.17) is 10.7 Å². The fourth-order valence-electron chi connectivity index (χ4n) is 1.11. The van der Waals surface area contributed by atoms with Gasteiger partial charge in [0.25, 0.3) is 14.2 Å². The van der Waals surface area contributed by atoms with Crippen LogP contribution in [-0.4, -0.2) is 23.6 Å². The Bertz CT molecular complexity index is 626. The molecule has 2 aromatic rings. The van der Waals surface area contributed by atoms with Gasteiger partial charge in [-0.25, -0.2) is 13.5 Å². The highest BCUT2D eigenvalue weighted by atomic mass is 127. The molecule has 1 N–H and O–H groups in total. The average Bonchev–Trinajstić information content (AvgIpc) is 2.65. The predicted octanol–water partition coefficient (Wildman–Crippen LogP) is 2.00. The highest BCUT2D eigenvalue weighted by Gasteiger charge is 2.16. The number of aromatic amines is 1. The van der Waals surface area contributed by atoms with Crippen LogP contribution in [0.2, 0.25) is 0 Å². The Labute approximate surface area is 110 Å². The first-order valence-corrected chi connectivity index (χ1v) is 7.48. The van der Waals surface area contributed by atoms with Crippen molar-refractivity contribution in [1.29, 1.82) is 0 Å². The van der Waals surface area contributed by atoms with Crippen LogP contribution in [-0.2, 0) is 9.05 Å². The van der Waals surface area contributed by atoms with Crippen LogP contribution in [0.5, 0.6) is 0 Å². The summed E-state index contributed by atoms with van der Waals surface area (Å²) in [6.45, 7) is 0. The lowest BCUT2D eigenvalue weighted by Crippen LogP contribution is -1.92. The molecule has 0 unspecified atom stereocenters. The van der Waals surface area contributed by atoms with Crippen LogP contribution >= 0.6 is 33.3 Å². The maximum atomic E-state index is 11.0. The van der Waals surface area contributed by atoms with Crippen molar-refractivity contribution in [3.63, 3.8) is 0 Å². The molecular weight excluding hydrogens is 365 g/mol. The van der Waals surface area contributed by atoms with E-state index in [1.807, 2.05) is 18.2 Å². The van der Waals surface area contributed by atoms with Crippen LogP contribution in [0.4, 0.5) is 0 Å². The molecule has 5 nitrogen and oxygen atoms in total. The fourth-order valence-corrected chi connectivity index (χ4v) is 2.21. The lowest BCUT2D eigenvalue weighted by Gasteiger charge is -1.94. The van der Waals surface area contributed by atoms with Gasteiger partial charge in [0.2, 0.25) is 0 Å². The Morgan fingerprint density at radius 1 is 1.38 bits per heavy atom. The summed E-state index contributed by atoms with van der Waals surface area (Å²) >= 11 is 2.15. The van der Waals surface area contributed by atoms with Crippen molar-refractivity contribution in [2.24, 2.45) is 0 Å². The zero-order valence-corrected chi connectivity index (χ0v) is 11.4. The highest BCUT2D eigenvalue weighted by molar-refractivity contribution is 14.1. The van der Waals surface area contributed by atoms with Gasteiger partial charge < -0.3 is 0 Å². The molecule has 0 aliphatic rings. The van der Waals surface area contributed by atoms with Crippen molar-refractivity contribution < 1.29 is 8.42 Å².